The second-order valence-corrected chi connectivity index (χ2v) is 8.01. The quantitative estimate of drug-likeness (QED) is 0.550. The van der Waals surface area contributed by atoms with Gasteiger partial charge in [0.05, 0.1) is 18.7 Å². The number of rotatable bonds is 7. The van der Waals surface area contributed by atoms with Crippen LogP contribution in [-0.4, -0.2) is 29.3 Å². The summed E-state index contributed by atoms with van der Waals surface area (Å²) in [5.41, 5.74) is 1.07. The standard InChI is InChI=1S/C24H27FN4O2/c1-16(2)22-14-30-15-29(22)23-12-13-26-24(28-23)27-17(3)18-4-8-20(9-5-18)31-21-10-6-19(25)7-11-21/h4-13,16-17,22H,14-15H2,1-3H3,(H,26,27,28)/t17-,22+/m0/s1. The van der Waals surface area contributed by atoms with Gasteiger partial charge in [-0.15, -0.1) is 0 Å². The summed E-state index contributed by atoms with van der Waals surface area (Å²) >= 11 is 0. The Balaban J connectivity index is 1.41. The van der Waals surface area contributed by atoms with Crippen LogP contribution in [0.4, 0.5) is 16.2 Å². The maximum atomic E-state index is 13.0. The zero-order valence-corrected chi connectivity index (χ0v) is 18.0. The molecule has 162 valence electrons. The normalized spacial score (nSPS) is 17.1. The molecule has 2 heterocycles. The number of benzene rings is 2. The van der Waals surface area contributed by atoms with Gasteiger partial charge < -0.3 is 19.7 Å². The summed E-state index contributed by atoms with van der Waals surface area (Å²) in [6.45, 7) is 7.70. The van der Waals surface area contributed by atoms with E-state index >= 15 is 0 Å². The Morgan fingerprint density at radius 1 is 1.03 bits per heavy atom. The van der Waals surface area contributed by atoms with E-state index in [0.29, 0.717) is 42.7 Å². The van der Waals surface area contributed by atoms with Crippen molar-refractivity contribution in [1.29, 1.82) is 0 Å². The molecule has 4 rings (SSSR count). The lowest BCUT2D eigenvalue weighted by Crippen LogP contribution is -2.35. The molecule has 31 heavy (non-hydrogen) atoms. The maximum Gasteiger partial charge on any atom is 0.225 e. The van der Waals surface area contributed by atoms with Crippen molar-refractivity contribution in [3.05, 3.63) is 72.2 Å². The molecule has 1 aliphatic rings. The first-order valence-corrected chi connectivity index (χ1v) is 10.5. The van der Waals surface area contributed by atoms with Crippen LogP contribution in [0.15, 0.2) is 60.8 Å². The third-order valence-corrected chi connectivity index (χ3v) is 5.40. The average Bonchev–Trinajstić information content (AvgIpc) is 3.26. The molecule has 2 atom stereocenters. The lowest BCUT2D eigenvalue weighted by molar-refractivity contribution is 0.188. The van der Waals surface area contributed by atoms with Crippen LogP contribution < -0.4 is 15.0 Å². The van der Waals surface area contributed by atoms with Gasteiger partial charge in [0.25, 0.3) is 0 Å². The van der Waals surface area contributed by atoms with E-state index in [1.807, 2.05) is 30.3 Å². The summed E-state index contributed by atoms with van der Waals surface area (Å²) in [6.07, 6.45) is 1.77. The molecule has 7 heteroatoms. The highest BCUT2D eigenvalue weighted by Crippen LogP contribution is 2.27. The van der Waals surface area contributed by atoms with Crippen LogP contribution in [0.5, 0.6) is 11.5 Å². The molecule has 0 amide bonds. The van der Waals surface area contributed by atoms with Gasteiger partial charge in [0.2, 0.25) is 5.95 Å². The molecule has 0 aliphatic carbocycles. The fraction of sp³-hybridized carbons (Fsp3) is 0.333. The molecule has 1 N–H and O–H groups in total. The van der Waals surface area contributed by atoms with Crippen LogP contribution in [-0.2, 0) is 4.74 Å². The molecule has 0 unspecified atom stereocenters. The number of anilines is 2. The number of halogens is 1. The summed E-state index contributed by atoms with van der Waals surface area (Å²) in [5.74, 6) is 2.91. The molecule has 2 aromatic carbocycles. The Morgan fingerprint density at radius 2 is 1.71 bits per heavy atom. The lowest BCUT2D eigenvalue weighted by atomic mass is 10.0. The molecule has 0 spiro atoms. The van der Waals surface area contributed by atoms with Crippen molar-refractivity contribution in [1.82, 2.24) is 9.97 Å². The molecule has 6 nitrogen and oxygen atoms in total. The van der Waals surface area contributed by atoms with Crippen LogP contribution in [0.2, 0.25) is 0 Å². The average molecular weight is 423 g/mol. The van der Waals surface area contributed by atoms with Gasteiger partial charge in [-0.05, 0) is 60.9 Å². The number of ether oxygens (including phenoxy) is 2. The van der Waals surface area contributed by atoms with Crippen LogP contribution in [0.1, 0.15) is 32.4 Å². The van der Waals surface area contributed by atoms with Gasteiger partial charge in [-0.3, -0.25) is 0 Å². The molecule has 1 aromatic heterocycles. The van der Waals surface area contributed by atoms with Gasteiger partial charge >= 0.3 is 0 Å². The number of nitrogens with zero attached hydrogens (tertiary/aromatic N) is 3. The summed E-state index contributed by atoms with van der Waals surface area (Å²) in [4.78, 5) is 11.3. The minimum Gasteiger partial charge on any atom is -0.457 e. The SMILES string of the molecule is CC(C)[C@H]1COCN1c1ccnc(N[C@@H](C)c2ccc(Oc3ccc(F)cc3)cc2)n1. The number of hydrogen-bond donors (Lipinski definition) is 1. The smallest absolute Gasteiger partial charge is 0.225 e. The number of nitrogens with one attached hydrogen (secondary N) is 1. The summed E-state index contributed by atoms with van der Waals surface area (Å²) in [6, 6.07) is 16.0. The highest BCUT2D eigenvalue weighted by Gasteiger charge is 2.29. The summed E-state index contributed by atoms with van der Waals surface area (Å²) in [7, 11) is 0. The monoisotopic (exact) mass is 422 g/mol. The molecule has 1 fully saturated rings. The van der Waals surface area contributed by atoms with Crippen molar-refractivity contribution in [2.24, 2.45) is 5.92 Å². The predicted molar refractivity (Wildman–Crippen MR) is 119 cm³/mol. The van der Waals surface area contributed by atoms with Crippen LogP contribution in [0.3, 0.4) is 0 Å². The summed E-state index contributed by atoms with van der Waals surface area (Å²) < 4.78 is 24.4. The van der Waals surface area contributed by atoms with Crippen molar-refractivity contribution in [2.45, 2.75) is 32.9 Å². The van der Waals surface area contributed by atoms with Gasteiger partial charge in [0.1, 0.15) is 29.9 Å². The van der Waals surface area contributed by atoms with E-state index in [1.165, 1.54) is 12.1 Å². The highest BCUT2D eigenvalue weighted by molar-refractivity contribution is 5.45. The fourth-order valence-electron chi connectivity index (χ4n) is 3.56. The van der Waals surface area contributed by atoms with E-state index in [-0.39, 0.29) is 11.9 Å². The van der Waals surface area contributed by atoms with Crippen LogP contribution in [0, 0.1) is 11.7 Å². The number of hydrogen-bond acceptors (Lipinski definition) is 6. The second-order valence-electron chi connectivity index (χ2n) is 8.01. The molecular formula is C24H27FN4O2. The lowest BCUT2D eigenvalue weighted by Gasteiger charge is -2.26. The van der Waals surface area contributed by atoms with Crippen molar-refractivity contribution < 1.29 is 13.9 Å². The van der Waals surface area contributed by atoms with E-state index < -0.39 is 0 Å². The van der Waals surface area contributed by atoms with Crippen molar-refractivity contribution >= 4 is 11.8 Å². The van der Waals surface area contributed by atoms with Gasteiger partial charge in [0, 0.05) is 6.20 Å². The first-order chi connectivity index (χ1) is 15.0. The minimum atomic E-state index is -0.286. The molecule has 0 bridgehead atoms. The van der Waals surface area contributed by atoms with E-state index in [9.17, 15) is 4.39 Å². The van der Waals surface area contributed by atoms with Crippen molar-refractivity contribution in [3.8, 4) is 11.5 Å². The van der Waals surface area contributed by atoms with E-state index in [4.69, 9.17) is 14.5 Å². The van der Waals surface area contributed by atoms with E-state index in [0.717, 1.165) is 11.4 Å². The topological polar surface area (TPSA) is 59.5 Å². The molecule has 0 saturated carbocycles. The highest BCUT2D eigenvalue weighted by atomic mass is 19.1. The molecular weight excluding hydrogens is 395 g/mol. The Kier molecular flexibility index (Phi) is 6.32. The minimum absolute atomic E-state index is 0.00541. The number of aromatic nitrogens is 2. The van der Waals surface area contributed by atoms with Gasteiger partial charge in [0.15, 0.2) is 0 Å². The molecule has 1 saturated heterocycles. The first kappa shape index (κ1) is 21.1. The third kappa shape index (κ3) is 5.11. The van der Waals surface area contributed by atoms with Gasteiger partial charge in [-0.1, -0.05) is 26.0 Å². The largest absolute Gasteiger partial charge is 0.457 e. The Labute approximate surface area is 182 Å². The Morgan fingerprint density at radius 3 is 2.39 bits per heavy atom. The van der Waals surface area contributed by atoms with E-state index in [2.05, 4.69) is 36.0 Å². The zero-order chi connectivity index (χ0) is 21.8. The fourth-order valence-corrected chi connectivity index (χ4v) is 3.56. The maximum absolute atomic E-state index is 13.0. The van der Waals surface area contributed by atoms with Gasteiger partial charge in [-0.2, -0.15) is 4.98 Å². The summed E-state index contributed by atoms with van der Waals surface area (Å²) in [5, 5.41) is 3.37. The third-order valence-electron chi connectivity index (χ3n) is 5.40. The zero-order valence-electron chi connectivity index (χ0n) is 18.0. The molecule has 0 radical (unpaired) electrons. The first-order valence-electron chi connectivity index (χ1n) is 10.5. The molecule has 3 aromatic rings. The molecule has 1 aliphatic heterocycles. The van der Waals surface area contributed by atoms with E-state index in [1.54, 1.807) is 18.3 Å². The second kappa shape index (κ2) is 9.31. The van der Waals surface area contributed by atoms with Gasteiger partial charge in [-0.25, -0.2) is 9.37 Å². The van der Waals surface area contributed by atoms with Crippen molar-refractivity contribution in [2.75, 3.05) is 23.6 Å². The van der Waals surface area contributed by atoms with Crippen LogP contribution in [0.25, 0.3) is 0 Å². The van der Waals surface area contributed by atoms with Crippen molar-refractivity contribution in [3.63, 3.8) is 0 Å². The Bertz CT molecular complexity index is 995. The predicted octanol–water partition coefficient (Wildman–Crippen LogP) is 5.40. The Hall–Kier alpha value is -3.19. The van der Waals surface area contributed by atoms with Crippen LogP contribution >= 0.6 is 0 Å².